The van der Waals surface area contributed by atoms with Gasteiger partial charge in [-0.25, -0.2) is 4.98 Å². The number of nitrogens with zero attached hydrogens (tertiary/aromatic N) is 1. The van der Waals surface area contributed by atoms with Crippen LogP contribution < -0.4 is 5.73 Å². The van der Waals surface area contributed by atoms with E-state index >= 15 is 0 Å². The molecule has 0 saturated carbocycles. The van der Waals surface area contributed by atoms with E-state index in [-0.39, 0.29) is 5.92 Å². The van der Waals surface area contributed by atoms with E-state index < -0.39 is 0 Å². The van der Waals surface area contributed by atoms with Crippen LogP contribution in [0.25, 0.3) is 0 Å². The van der Waals surface area contributed by atoms with Gasteiger partial charge in [0.15, 0.2) is 0 Å². The molecule has 0 aliphatic carbocycles. The molecule has 1 unspecified atom stereocenters. The molecule has 13 heavy (non-hydrogen) atoms. The second kappa shape index (κ2) is 4.03. The first-order valence-electron chi connectivity index (χ1n) is 4.46. The lowest BCUT2D eigenvalue weighted by Gasteiger charge is -2.11. The van der Waals surface area contributed by atoms with Crippen LogP contribution in [0.2, 0.25) is 0 Å². The van der Waals surface area contributed by atoms with Crippen LogP contribution in [0.3, 0.4) is 0 Å². The quantitative estimate of drug-likeness (QED) is 0.694. The topological polar surface area (TPSA) is 62.8 Å². The number of rotatable bonds is 3. The maximum atomic E-state index is 7.86. The van der Waals surface area contributed by atoms with Crippen molar-refractivity contribution in [2.45, 2.75) is 20.3 Å². The highest BCUT2D eigenvalue weighted by Crippen LogP contribution is 2.15. The number of aromatic nitrogens is 1. The average Bonchev–Trinajstić information content (AvgIpc) is 2.16. The minimum atomic E-state index is 0.242. The van der Waals surface area contributed by atoms with Crippen LogP contribution in [0.4, 0.5) is 5.82 Å². The number of nitrogens with two attached hydrogens (primary N) is 1. The van der Waals surface area contributed by atoms with Gasteiger partial charge in [0, 0.05) is 17.5 Å². The van der Waals surface area contributed by atoms with E-state index in [0.29, 0.717) is 11.5 Å². The molecule has 1 heterocycles. The Morgan fingerprint density at radius 3 is 2.92 bits per heavy atom. The maximum Gasteiger partial charge on any atom is 0.132 e. The van der Waals surface area contributed by atoms with E-state index in [1.54, 1.807) is 6.20 Å². The van der Waals surface area contributed by atoms with E-state index in [0.717, 1.165) is 12.0 Å². The monoisotopic (exact) mass is 177 g/mol. The molecule has 0 radical (unpaired) electrons. The molecule has 0 aromatic carbocycles. The van der Waals surface area contributed by atoms with Gasteiger partial charge in [-0.15, -0.1) is 0 Å². The summed E-state index contributed by atoms with van der Waals surface area (Å²) in [5.41, 5.74) is 7.00. The van der Waals surface area contributed by atoms with Gasteiger partial charge in [-0.2, -0.15) is 0 Å². The first-order chi connectivity index (χ1) is 6.16. The van der Waals surface area contributed by atoms with Gasteiger partial charge < -0.3 is 11.1 Å². The fraction of sp³-hybridized carbons (Fsp3) is 0.400. The average molecular weight is 177 g/mol. The molecular formula is C10H15N3. The van der Waals surface area contributed by atoms with Gasteiger partial charge in [0.05, 0.1) is 0 Å². The highest BCUT2D eigenvalue weighted by atomic mass is 14.8. The summed E-state index contributed by atoms with van der Waals surface area (Å²) in [5.74, 6) is 0.694. The summed E-state index contributed by atoms with van der Waals surface area (Å²) < 4.78 is 0. The van der Waals surface area contributed by atoms with Crippen LogP contribution in [0.5, 0.6) is 0 Å². The van der Waals surface area contributed by atoms with E-state index in [2.05, 4.69) is 11.9 Å². The van der Waals surface area contributed by atoms with Crippen LogP contribution in [0.1, 0.15) is 25.8 Å². The summed E-state index contributed by atoms with van der Waals surface area (Å²) in [5, 5.41) is 7.86. The van der Waals surface area contributed by atoms with Crippen molar-refractivity contribution in [1.29, 1.82) is 5.41 Å². The molecule has 1 aromatic heterocycles. The molecule has 0 fully saturated rings. The molecule has 0 spiro atoms. The molecule has 0 aliphatic heterocycles. The van der Waals surface area contributed by atoms with Crippen molar-refractivity contribution in [1.82, 2.24) is 4.98 Å². The third-order valence-corrected chi connectivity index (χ3v) is 2.23. The predicted molar refractivity (Wildman–Crippen MR) is 54.9 cm³/mol. The van der Waals surface area contributed by atoms with E-state index in [9.17, 15) is 0 Å². The largest absolute Gasteiger partial charge is 0.383 e. The molecule has 0 saturated heterocycles. The third-order valence-electron chi connectivity index (χ3n) is 2.23. The maximum absolute atomic E-state index is 7.86. The minimum absolute atomic E-state index is 0.242. The van der Waals surface area contributed by atoms with Crippen LogP contribution >= 0.6 is 0 Å². The lowest BCUT2D eigenvalue weighted by Crippen LogP contribution is -2.13. The fourth-order valence-corrected chi connectivity index (χ4v) is 1.11. The Morgan fingerprint density at radius 2 is 2.38 bits per heavy atom. The van der Waals surface area contributed by atoms with E-state index in [1.165, 1.54) is 0 Å². The van der Waals surface area contributed by atoms with Crippen molar-refractivity contribution in [2.75, 3.05) is 5.73 Å². The molecule has 70 valence electrons. The molecule has 3 heteroatoms. The van der Waals surface area contributed by atoms with Crippen molar-refractivity contribution in [3.8, 4) is 0 Å². The summed E-state index contributed by atoms with van der Waals surface area (Å²) in [6, 6.07) is 3.65. The van der Waals surface area contributed by atoms with Gasteiger partial charge in [-0.3, -0.25) is 0 Å². The van der Waals surface area contributed by atoms with Crippen molar-refractivity contribution in [3.63, 3.8) is 0 Å². The zero-order valence-corrected chi connectivity index (χ0v) is 8.04. The lowest BCUT2D eigenvalue weighted by atomic mass is 9.97. The summed E-state index contributed by atoms with van der Waals surface area (Å²) in [6.07, 6.45) is 2.59. The normalized spacial score (nSPS) is 12.5. The van der Waals surface area contributed by atoms with Crippen LogP contribution in [-0.4, -0.2) is 10.7 Å². The number of anilines is 1. The van der Waals surface area contributed by atoms with Crippen molar-refractivity contribution >= 4 is 11.5 Å². The van der Waals surface area contributed by atoms with Crippen molar-refractivity contribution in [2.24, 2.45) is 5.92 Å². The Morgan fingerprint density at radius 1 is 1.69 bits per heavy atom. The first-order valence-corrected chi connectivity index (χ1v) is 4.46. The molecule has 0 aliphatic rings. The second-order valence-electron chi connectivity index (χ2n) is 3.16. The number of nitrogen functional groups attached to an aromatic ring is 1. The van der Waals surface area contributed by atoms with Gasteiger partial charge in [-0.05, 0) is 24.5 Å². The van der Waals surface area contributed by atoms with Gasteiger partial charge in [-0.1, -0.05) is 13.8 Å². The molecule has 3 N–H and O–H groups in total. The van der Waals surface area contributed by atoms with Crippen molar-refractivity contribution in [3.05, 3.63) is 23.9 Å². The highest BCUT2D eigenvalue weighted by Gasteiger charge is 2.11. The molecular weight excluding hydrogens is 162 g/mol. The Bertz CT molecular complexity index is 307. The SMILES string of the molecule is CCC(C)C(=N)c1cccnc1N. The Hall–Kier alpha value is -1.38. The van der Waals surface area contributed by atoms with Gasteiger partial charge >= 0.3 is 0 Å². The number of nitrogens with one attached hydrogen (secondary N) is 1. The van der Waals surface area contributed by atoms with Gasteiger partial charge in [0.1, 0.15) is 5.82 Å². The summed E-state index contributed by atoms with van der Waals surface area (Å²) in [6.45, 7) is 4.08. The summed E-state index contributed by atoms with van der Waals surface area (Å²) >= 11 is 0. The Kier molecular flexibility index (Phi) is 3.01. The standard InChI is InChI=1S/C10H15N3/c1-3-7(2)9(11)8-5-4-6-13-10(8)12/h4-7,11H,3H2,1-2H3,(H2,12,13). The van der Waals surface area contributed by atoms with Crippen LogP contribution in [0.15, 0.2) is 18.3 Å². The molecule has 0 bridgehead atoms. The van der Waals surface area contributed by atoms with Crippen LogP contribution in [-0.2, 0) is 0 Å². The third kappa shape index (κ3) is 2.05. The van der Waals surface area contributed by atoms with Crippen molar-refractivity contribution < 1.29 is 0 Å². The predicted octanol–water partition coefficient (Wildman–Crippen LogP) is 2.08. The van der Waals surface area contributed by atoms with Gasteiger partial charge in [0.2, 0.25) is 0 Å². The second-order valence-corrected chi connectivity index (χ2v) is 3.16. The number of hydrogen-bond donors (Lipinski definition) is 2. The molecule has 3 nitrogen and oxygen atoms in total. The first kappa shape index (κ1) is 9.71. The number of hydrogen-bond acceptors (Lipinski definition) is 3. The molecule has 1 rings (SSSR count). The minimum Gasteiger partial charge on any atom is -0.383 e. The zero-order valence-electron chi connectivity index (χ0n) is 8.04. The molecule has 0 amide bonds. The zero-order chi connectivity index (χ0) is 9.84. The number of pyridine rings is 1. The summed E-state index contributed by atoms with van der Waals surface area (Å²) in [4.78, 5) is 3.95. The Balaban J connectivity index is 2.95. The van der Waals surface area contributed by atoms with Crippen LogP contribution in [0, 0.1) is 11.3 Å². The fourth-order valence-electron chi connectivity index (χ4n) is 1.11. The molecule has 1 aromatic rings. The van der Waals surface area contributed by atoms with Gasteiger partial charge in [0.25, 0.3) is 0 Å². The van der Waals surface area contributed by atoms with E-state index in [4.69, 9.17) is 11.1 Å². The Labute approximate surface area is 78.5 Å². The summed E-state index contributed by atoms with van der Waals surface area (Å²) in [7, 11) is 0. The highest BCUT2D eigenvalue weighted by molar-refractivity contribution is 6.03. The van der Waals surface area contributed by atoms with E-state index in [1.807, 2.05) is 19.1 Å². The smallest absolute Gasteiger partial charge is 0.132 e. The molecule has 1 atom stereocenters. The lowest BCUT2D eigenvalue weighted by molar-refractivity contribution is 0.736.